The molecule has 2 heterocycles. The molecule has 0 radical (unpaired) electrons. The van der Waals surface area contributed by atoms with Crippen molar-refractivity contribution in [2.75, 3.05) is 6.54 Å². The van der Waals surface area contributed by atoms with E-state index in [9.17, 15) is 9.59 Å². The summed E-state index contributed by atoms with van der Waals surface area (Å²) in [5, 5.41) is 35.9. The first-order valence-corrected chi connectivity index (χ1v) is 6.53. The SMILES string of the molecule is C1=CCC(c2cccnc2)NC1.O=C(O)C(O)C(O)C(=O)O. The molecule has 8 heteroatoms. The number of nitrogens with one attached hydrogen (secondary N) is 1. The molecular weight excluding hydrogens is 292 g/mol. The van der Waals surface area contributed by atoms with E-state index < -0.39 is 24.1 Å². The fraction of sp³-hybridized carbons (Fsp3) is 0.357. The van der Waals surface area contributed by atoms with Crippen LogP contribution in [0.25, 0.3) is 0 Å². The monoisotopic (exact) mass is 310 g/mol. The van der Waals surface area contributed by atoms with Crippen LogP contribution in [0.3, 0.4) is 0 Å². The molecule has 2 rings (SSSR count). The number of aliphatic hydroxyl groups excluding tert-OH is 2. The number of carboxylic acids is 2. The molecule has 0 aromatic carbocycles. The lowest BCUT2D eigenvalue weighted by molar-refractivity contribution is -0.165. The molecule has 1 aromatic rings. The normalized spacial score (nSPS) is 19.5. The predicted molar refractivity (Wildman–Crippen MR) is 76.0 cm³/mol. The van der Waals surface area contributed by atoms with Crippen molar-refractivity contribution in [1.82, 2.24) is 10.3 Å². The van der Waals surface area contributed by atoms with E-state index in [1.54, 1.807) is 0 Å². The number of aliphatic carboxylic acids is 2. The molecule has 3 unspecified atom stereocenters. The smallest absolute Gasteiger partial charge is 0.335 e. The molecule has 3 atom stereocenters. The molecular formula is C14H18N2O6. The van der Waals surface area contributed by atoms with Crippen LogP contribution in [-0.4, -0.2) is 56.1 Å². The van der Waals surface area contributed by atoms with Gasteiger partial charge in [-0.15, -0.1) is 0 Å². The van der Waals surface area contributed by atoms with Gasteiger partial charge in [0.15, 0.2) is 12.2 Å². The van der Waals surface area contributed by atoms with Crippen LogP contribution in [0.2, 0.25) is 0 Å². The molecule has 1 aromatic heterocycles. The molecule has 0 saturated carbocycles. The highest BCUT2D eigenvalue weighted by Gasteiger charge is 2.29. The lowest BCUT2D eigenvalue weighted by Crippen LogP contribution is -2.39. The summed E-state index contributed by atoms with van der Waals surface area (Å²) in [6, 6.07) is 4.56. The third-order valence-electron chi connectivity index (χ3n) is 2.91. The first kappa shape index (κ1) is 17.8. The number of pyridine rings is 1. The van der Waals surface area contributed by atoms with Gasteiger partial charge in [0.05, 0.1) is 0 Å². The Morgan fingerprint density at radius 1 is 1.18 bits per heavy atom. The standard InChI is InChI=1S/C10H12N2.C4H6O6/c1-2-7-12-10(5-1)9-4-3-6-11-8-9;5-1(3(7)8)2(6)4(9)10/h1-4,6,8,10,12H,5,7H2;1-2,5-6H,(H,7,8)(H,9,10). The fourth-order valence-corrected chi connectivity index (χ4v) is 1.72. The minimum atomic E-state index is -2.27. The Hall–Kier alpha value is -2.29. The average Bonchev–Trinajstić information content (AvgIpc) is 2.55. The van der Waals surface area contributed by atoms with E-state index in [2.05, 4.69) is 28.5 Å². The number of nitrogens with zero attached hydrogens (tertiary/aromatic N) is 1. The Bertz CT molecular complexity index is 501. The molecule has 0 aliphatic carbocycles. The quantitative estimate of drug-likeness (QED) is 0.471. The van der Waals surface area contributed by atoms with Crippen LogP contribution < -0.4 is 5.32 Å². The van der Waals surface area contributed by atoms with Gasteiger partial charge in [0.1, 0.15) is 0 Å². The number of hydrogen-bond acceptors (Lipinski definition) is 6. The second kappa shape index (κ2) is 8.88. The Balaban J connectivity index is 0.000000225. The number of carbonyl (C=O) groups is 2. The number of aromatic nitrogens is 1. The molecule has 0 amide bonds. The maximum absolute atomic E-state index is 9.77. The molecule has 1 aliphatic rings. The van der Waals surface area contributed by atoms with Crippen molar-refractivity contribution in [1.29, 1.82) is 0 Å². The van der Waals surface area contributed by atoms with E-state index in [-0.39, 0.29) is 0 Å². The van der Waals surface area contributed by atoms with Gasteiger partial charge >= 0.3 is 11.9 Å². The van der Waals surface area contributed by atoms with Crippen LogP contribution in [0.15, 0.2) is 36.7 Å². The molecule has 0 fully saturated rings. The Labute approximate surface area is 126 Å². The van der Waals surface area contributed by atoms with E-state index in [1.807, 2.05) is 18.5 Å². The van der Waals surface area contributed by atoms with E-state index >= 15 is 0 Å². The third-order valence-corrected chi connectivity index (χ3v) is 2.91. The summed E-state index contributed by atoms with van der Waals surface area (Å²) in [5.74, 6) is -3.54. The van der Waals surface area contributed by atoms with Gasteiger partial charge < -0.3 is 25.7 Å². The van der Waals surface area contributed by atoms with Crippen molar-refractivity contribution in [2.24, 2.45) is 0 Å². The van der Waals surface area contributed by atoms with Crippen LogP contribution in [0.5, 0.6) is 0 Å². The summed E-state index contributed by atoms with van der Waals surface area (Å²) in [4.78, 5) is 23.6. The zero-order chi connectivity index (χ0) is 16.5. The number of carboxylic acid groups (broad SMARTS) is 2. The summed E-state index contributed by atoms with van der Waals surface area (Å²) >= 11 is 0. The highest BCUT2D eigenvalue weighted by molar-refractivity contribution is 5.83. The second-order valence-corrected chi connectivity index (χ2v) is 4.52. The van der Waals surface area contributed by atoms with E-state index in [4.69, 9.17) is 20.4 Å². The van der Waals surface area contributed by atoms with E-state index in [0.29, 0.717) is 6.04 Å². The molecule has 0 saturated heterocycles. The highest BCUT2D eigenvalue weighted by atomic mass is 16.4. The predicted octanol–water partition coefficient (Wildman–Crippen LogP) is -0.450. The van der Waals surface area contributed by atoms with Crippen molar-refractivity contribution in [3.63, 3.8) is 0 Å². The summed E-state index contributed by atoms with van der Waals surface area (Å²) < 4.78 is 0. The average molecular weight is 310 g/mol. The first-order chi connectivity index (χ1) is 10.4. The van der Waals surface area contributed by atoms with Gasteiger partial charge in [-0.1, -0.05) is 18.2 Å². The highest BCUT2D eigenvalue weighted by Crippen LogP contribution is 2.17. The summed E-state index contributed by atoms with van der Waals surface area (Å²) in [7, 11) is 0. The lowest BCUT2D eigenvalue weighted by atomic mass is 10.0. The summed E-state index contributed by atoms with van der Waals surface area (Å²) in [6.07, 6.45) is 4.65. The molecule has 1 aliphatic heterocycles. The Morgan fingerprint density at radius 2 is 1.82 bits per heavy atom. The maximum Gasteiger partial charge on any atom is 0.335 e. The fourth-order valence-electron chi connectivity index (χ4n) is 1.72. The number of hydrogen-bond donors (Lipinski definition) is 5. The topological polar surface area (TPSA) is 140 Å². The van der Waals surface area contributed by atoms with Gasteiger partial charge in [0.25, 0.3) is 0 Å². The van der Waals surface area contributed by atoms with Gasteiger partial charge in [-0.25, -0.2) is 9.59 Å². The summed E-state index contributed by atoms with van der Waals surface area (Å²) in [5.41, 5.74) is 1.28. The molecule has 0 spiro atoms. The van der Waals surface area contributed by atoms with Gasteiger partial charge in [-0.05, 0) is 18.1 Å². The molecule has 0 bridgehead atoms. The minimum absolute atomic E-state index is 0.462. The Morgan fingerprint density at radius 3 is 2.23 bits per heavy atom. The van der Waals surface area contributed by atoms with Crippen molar-refractivity contribution in [3.05, 3.63) is 42.2 Å². The van der Waals surface area contributed by atoms with Crippen molar-refractivity contribution in [2.45, 2.75) is 24.7 Å². The zero-order valence-corrected chi connectivity index (χ0v) is 11.7. The second-order valence-electron chi connectivity index (χ2n) is 4.52. The lowest BCUT2D eigenvalue weighted by Gasteiger charge is -2.19. The third kappa shape index (κ3) is 5.60. The van der Waals surface area contributed by atoms with Crippen molar-refractivity contribution >= 4 is 11.9 Å². The van der Waals surface area contributed by atoms with Gasteiger partial charge in [0, 0.05) is 25.0 Å². The van der Waals surface area contributed by atoms with Crippen molar-refractivity contribution < 1.29 is 30.0 Å². The van der Waals surface area contributed by atoms with Crippen LogP contribution >= 0.6 is 0 Å². The molecule has 22 heavy (non-hydrogen) atoms. The first-order valence-electron chi connectivity index (χ1n) is 6.53. The van der Waals surface area contributed by atoms with Crippen molar-refractivity contribution in [3.8, 4) is 0 Å². The number of rotatable bonds is 4. The largest absolute Gasteiger partial charge is 0.479 e. The number of aliphatic hydroxyl groups is 2. The van der Waals surface area contributed by atoms with Crippen LogP contribution in [0.4, 0.5) is 0 Å². The van der Waals surface area contributed by atoms with Gasteiger partial charge in [-0.2, -0.15) is 0 Å². The minimum Gasteiger partial charge on any atom is -0.479 e. The van der Waals surface area contributed by atoms with Crippen LogP contribution in [0.1, 0.15) is 18.0 Å². The van der Waals surface area contributed by atoms with Crippen LogP contribution in [0, 0.1) is 0 Å². The van der Waals surface area contributed by atoms with Gasteiger partial charge in [-0.3, -0.25) is 4.98 Å². The molecule has 5 N–H and O–H groups in total. The van der Waals surface area contributed by atoms with Crippen LogP contribution in [-0.2, 0) is 9.59 Å². The van der Waals surface area contributed by atoms with E-state index in [0.717, 1.165) is 13.0 Å². The van der Waals surface area contributed by atoms with Gasteiger partial charge in [0.2, 0.25) is 0 Å². The maximum atomic E-state index is 9.77. The molecule has 120 valence electrons. The van der Waals surface area contributed by atoms with E-state index in [1.165, 1.54) is 5.56 Å². The summed E-state index contributed by atoms with van der Waals surface area (Å²) in [6.45, 7) is 0.972. The molecule has 8 nitrogen and oxygen atoms in total. The zero-order valence-electron chi connectivity index (χ0n) is 11.7. The Kier molecular flexibility index (Phi) is 7.17.